The Bertz CT molecular complexity index is 1270. The van der Waals surface area contributed by atoms with Crippen molar-refractivity contribution >= 4 is 15.5 Å². The number of nitrogens with one attached hydrogen (secondary N) is 1. The van der Waals surface area contributed by atoms with E-state index in [9.17, 15) is 13.2 Å². The van der Waals surface area contributed by atoms with E-state index in [-0.39, 0.29) is 29.4 Å². The summed E-state index contributed by atoms with van der Waals surface area (Å²) in [5, 5.41) is 13.7. The van der Waals surface area contributed by atoms with Crippen molar-refractivity contribution in [2.24, 2.45) is 0 Å². The van der Waals surface area contributed by atoms with Crippen LogP contribution in [-0.4, -0.2) is 64.2 Å². The van der Waals surface area contributed by atoms with Crippen LogP contribution in [0.25, 0.3) is 16.9 Å². The lowest BCUT2D eigenvalue weighted by molar-refractivity contribution is 0.266. The van der Waals surface area contributed by atoms with Crippen molar-refractivity contribution in [1.29, 1.82) is 0 Å². The van der Waals surface area contributed by atoms with E-state index in [0.717, 1.165) is 17.1 Å². The Hall–Kier alpha value is -2.76. The van der Waals surface area contributed by atoms with Gasteiger partial charge in [0, 0.05) is 20.0 Å². The highest BCUT2D eigenvalue weighted by molar-refractivity contribution is 7.89. The minimum absolute atomic E-state index is 0.00522. The molecule has 0 bridgehead atoms. The molecule has 3 aromatic rings. The number of imidazole rings is 1. The molecular weight excluding hydrogens is 434 g/mol. The van der Waals surface area contributed by atoms with Gasteiger partial charge in [-0.15, -0.1) is 5.10 Å². The van der Waals surface area contributed by atoms with Crippen LogP contribution in [0.15, 0.2) is 27.9 Å². The predicted molar refractivity (Wildman–Crippen MR) is 120 cm³/mol. The highest BCUT2D eigenvalue weighted by Gasteiger charge is 2.24. The average molecular weight is 464 g/mol. The zero-order valence-corrected chi connectivity index (χ0v) is 19.6. The van der Waals surface area contributed by atoms with Crippen LogP contribution in [0.4, 0.5) is 0 Å². The normalized spacial score (nSPS) is 12.1. The number of likely N-dealkylation sites (N-methyl/N-ethyl adjacent to an activating group) is 1. The fraction of sp³-hybridized carbons (Fsp3) is 0.476. The monoisotopic (exact) mass is 463 g/mol. The summed E-state index contributed by atoms with van der Waals surface area (Å²) < 4.78 is 34.2. The molecule has 0 aliphatic heterocycles. The van der Waals surface area contributed by atoms with Gasteiger partial charge in [0.05, 0.1) is 29.4 Å². The number of rotatable bonds is 10. The minimum Gasteiger partial charge on any atom is -0.493 e. The maximum absolute atomic E-state index is 12.9. The minimum atomic E-state index is -3.86. The van der Waals surface area contributed by atoms with Gasteiger partial charge in [0.15, 0.2) is 11.3 Å². The van der Waals surface area contributed by atoms with Crippen LogP contribution >= 0.6 is 0 Å². The number of fused-ring (bicyclic) bond motifs is 1. The molecule has 2 aromatic heterocycles. The number of nitrogens with zero attached hydrogens (tertiary/aromatic N) is 4. The van der Waals surface area contributed by atoms with Crippen LogP contribution in [-0.2, 0) is 16.4 Å². The number of H-pyrrole nitrogens is 1. The molecule has 1 aromatic carbocycles. The number of sulfonamides is 1. The highest BCUT2D eigenvalue weighted by atomic mass is 32.2. The highest BCUT2D eigenvalue weighted by Crippen LogP contribution is 2.31. The van der Waals surface area contributed by atoms with E-state index in [1.165, 1.54) is 23.7 Å². The lowest BCUT2D eigenvalue weighted by atomic mass is 10.2. The smallest absolute Gasteiger partial charge is 0.277 e. The zero-order valence-electron chi connectivity index (χ0n) is 18.8. The summed E-state index contributed by atoms with van der Waals surface area (Å²) in [7, 11) is -2.46. The third kappa shape index (κ3) is 4.54. The summed E-state index contributed by atoms with van der Waals surface area (Å²) in [5.41, 5.74) is 0.928. The molecule has 0 radical (unpaired) electrons. The van der Waals surface area contributed by atoms with Gasteiger partial charge < -0.3 is 14.8 Å². The van der Waals surface area contributed by atoms with E-state index in [2.05, 4.69) is 15.1 Å². The van der Waals surface area contributed by atoms with Gasteiger partial charge in [0.25, 0.3) is 5.56 Å². The second-order valence-corrected chi connectivity index (χ2v) is 9.53. The van der Waals surface area contributed by atoms with Crippen molar-refractivity contribution in [2.75, 3.05) is 26.8 Å². The van der Waals surface area contributed by atoms with Gasteiger partial charge in [-0.2, -0.15) is 4.31 Å². The first kappa shape index (κ1) is 23.9. The Balaban J connectivity index is 2.23. The maximum Gasteiger partial charge on any atom is 0.277 e. The third-order valence-electron chi connectivity index (χ3n) is 5.01. The Morgan fingerprint density at radius 3 is 2.66 bits per heavy atom. The van der Waals surface area contributed by atoms with Crippen LogP contribution in [0.2, 0.25) is 0 Å². The molecule has 2 heterocycles. The molecule has 2 N–H and O–H groups in total. The van der Waals surface area contributed by atoms with Gasteiger partial charge in [-0.3, -0.25) is 4.79 Å². The lowest BCUT2D eigenvalue weighted by Gasteiger charge is -2.18. The molecule has 0 spiro atoms. The van der Waals surface area contributed by atoms with Crippen molar-refractivity contribution in [3.8, 4) is 17.1 Å². The summed E-state index contributed by atoms with van der Waals surface area (Å²) in [5.74, 6) is 1.26. The second kappa shape index (κ2) is 9.80. The third-order valence-corrected chi connectivity index (χ3v) is 6.86. The molecule has 32 heavy (non-hydrogen) atoms. The fourth-order valence-electron chi connectivity index (χ4n) is 3.38. The Morgan fingerprint density at radius 1 is 1.25 bits per heavy atom. The summed E-state index contributed by atoms with van der Waals surface area (Å²) in [6.07, 6.45) is 2.23. The fourth-order valence-corrected chi connectivity index (χ4v) is 4.56. The van der Waals surface area contributed by atoms with E-state index in [1.54, 1.807) is 13.0 Å². The van der Waals surface area contributed by atoms with E-state index in [1.807, 2.05) is 13.8 Å². The molecule has 0 unspecified atom stereocenters. The average Bonchev–Trinajstić information content (AvgIpc) is 3.08. The Labute approximate surface area is 186 Å². The van der Waals surface area contributed by atoms with Crippen LogP contribution in [0.1, 0.15) is 38.2 Å². The van der Waals surface area contributed by atoms with Crippen LogP contribution in [0, 0.1) is 6.92 Å². The van der Waals surface area contributed by atoms with Gasteiger partial charge in [0.1, 0.15) is 11.6 Å². The van der Waals surface area contributed by atoms with Crippen molar-refractivity contribution in [2.45, 2.75) is 44.9 Å². The number of aryl methyl sites for hydroxylation is 2. The van der Waals surface area contributed by atoms with Gasteiger partial charge in [-0.05, 0) is 38.0 Å². The Kier molecular flexibility index (Phi) is 7.32. The molecule has 0 fully saturated rings. The first-order valence-electron chi connectivity index (χ1n) is 10.6. The number of hydrogen-bond acceptors (Lipinski definition) is 7. The molecular formula is C21H29N5O5S. The molecule has 0 saturated carbocycles. The number of aromatic nitrogens is 4. The molecule has 11 heteroatoms. The topological polar surface area (TPSA) is 130 Å². The summed E-state index contributed by atoms with van der Waals surface area (Å²) in [6, 6.07) is 4.43. The quantitative estimate of drug-likeness (QED) is 0.468. The van der Waals surface area contributed by atoms with Gasteiger partial charge in [-0.25, -0.2) is 17.9 Å². The number of hydrogen-bond donors (Lipinski definition) is 2. The first-order valence-corrected chi connectivity index (χ1v) is 12.0. The molecule has 0 amide bonds. The molecule has 0 atom stereocenters. The van der Waals surface area contributed by atoms with Gasteiger partial charge in [-0.1, -0.05) is 13.8 Å². The number of aliphatic hydroxyl groups excluding tert-OH is 1. The molecule has 174 valence electrons. The SMILES string of the molecule is CCCOc1ccc(S(=O)(=O)N(C)CCO)cc1-c1nn2c(CCC)nc(C)c2c(=O)[nH]1. The van der Waals surface area contributed by atoms with Crippen molar-refractivity contribution < 1.29 is 18.3 Å². The molecule has 0 aliphatic rings. The largest absolute Gasteiger partial charge is 0.493 e. The number of ether oxygens (including phenoxy) is 1. The van der Waals surface area contributed by atoms with Gasteiger partial charge in [0.2, 0.25) is 10.0 Å². The molecule has 0 saturated heterocycles. The zero-order chi connectivity index (χ0) is 23.5. The van der Waals surface area contributed by atoms with Crippen LogP contribution in [0.3, 0.4) is 0 Å². The molecule has 3 rings (SSSR count). The predicted octanol–water partition coefficient (Wildman–Crippen LogP) is 1.75. The van der Waals surface area contributed by atoms with Gasteiger partial charge >= 0.3 is 0 Å². The van der Waals surface area contributed by atoms with Crippen LogP contribution < -0.4 is 10.3 Å². The van der Waals surface area contributed by atoms with Crippen molar-refractivity contribution in [1.82, 2.24) is 23.9 Å². The second-order valence-electron chi connectivity index (χ2n) is 7.48. The van der Waals surface area contributed by atoms with E-state index < -0.39 is 10.0 Å². The Morgan fingerprint density at radius 2 is 2.00 bits per heavy atom. The van der Waals surface area contributed by atoms with Crippen molar-refractivity contribution in [3.05, 3.63) is 40.1 Å². The van der Waals surface area contributed by atoms with E-state index in [4.69, 9.17) is 9.84 Å². The van der Waals surface area contributed by atoms with Crippen molar-refractivity contribution in [3.63, 3.8) is 0 Å². The maximum atomic E-state index is 12.9. The summed E-state index contributed by atoms with van der Waals surface area (Å²) in [6.45, 7) is 5.80. The van der Waals surface area contributed by atoms with E-state index >= 15 is 0 Å². The lowest BCUT2D eigenvalue weighted by Crippen LogP contribution is -2.29. The van der Waals surface area contributed by atoms with E-state index in [0.29, 0.717) is 41.4 Å². The summed E-state index contributed by atoms with van der Waals surface area (Å²) >= 11 is 0. The first-order chi connectivity index (χ1) is 15.2. The molecule has 0 aliphatic carbocycles. The number of aliphatic hydroxyl groups is 1. The van der Waals surface area contributed by atoms with Crippen LogP contribution in [0.5, 0.6) is 5.75 Å². The standard InChI is InChI=1S/C21H29N5O5S/c1-5-7-18-22-14(3)19-21(28)23-20(24-26(18)19)16-13-15(8-9-17(16)31-12-6-2)32(29,30)25(4)10-11-27/h8-9,13,27H,5-7,10-12H2,1-4H3,(H,23,24,28). The summed E-state index contributed by atoms with van der Waals surface area (Å²) in [4.78, 5) is 20.1. The molecule has 10 nitrogen and oxygen atoms in total. The number of benzene rings is 1. The number of aromatic amines is 1.